The highest BCUT2D eigenvalue weighted by Crippen LogP contribution is 2.30. The van der Waals surface area contributed by atoms with Crippen LogP contribution in [0.5, 0.6) is 0 Å². The molecule has 1 fully saturated rings. The van der Waals surface area contributed by atoms with E-state index in [0.717, 1.165) is 6.54 Å². The highest BCUT2D eigenvalue weighted by Gasteiger charge is 2.24. The molecule has 3 heteroatoms. The molecule has 1 aliphatic carbocycles. The van der Waals surface area contributed by atoms with E-state index in [1.807, 2.05) is 18.5 Å². The van der Waals surface area contributed by atoms with E-state index in [2.05, 4.69) is 17.2 Å². The number of pyridine rings is 1. The van der Waals surface area contributed by atoms with Gasteiger partial charge in [-0.05, 0) is 37.3 Å². The minimum atomic E-state index is 0.361. The Hall–Kier alpha value is -0.760. The summed E-state index contributed by atoms with van der Waals surface area (Å²) >= 11 is 6.23. The van der Waals surface area contributed by atoms with Gasteiger partial charge in [-0.15, -0.1) is 11.6 Å². The lowest BCUT2D eigenvalue weighted by molar-refractivity contribution is 0.586. The molecule has 0 radical (unpaired) electrons. The van der Waals surface area contributed by atoms with Crippen LogP contribution in [0.15, 0.2) is 18.5 Å². The van der Waals surface area contributed by atoms with Crippen LogP contribution in [0, 0.1) is 12.8 Å². The molecule has 15 heavy (non-hydrogen) atoms. The van der Waals surface area contributed by atoms with Gasteiger partial charge in [-0.3, -0.25) is 4.98 Å². The molecule has 1 aromatic heterocycles. The van der Waals surface area contributed by atoms with Crippen LogP contribution >= 0.6 is 11.6 Å². The molecule has 0 bridgehead atoms. The van der Waals surface area contributed by atoms with Crippen molar-refractivity contribution in [2.24, 2.45) is 5.92 Å². The van der Waals surface area contributed by atoms with E-state index in [4.69, 9.17) is 11.6 Å². The van der Waals surface area contributed by atoms with Crippen molar-refractivity contribution in [3.05, 3.63) is 24.0 Å². The first-order valence-electron chi connectivity index (χ1n) is 5.56. The van der Waals surface area contributed by atoms with Gasteiger partial charge in [0, 0.05) is 30.0 Å². The standard InChI is InChI=1S/C12H17ClN2/c1-9-7-14-6-5-12(9)15-8-10-3-2-4-11(10)13/h5-7,10-11H,2-4,8H2,1H3,(H,14,15). The van der Waals surface area contributed by atoms with Gasteiger partial charge < -0.3 is 5.32 Å². The Balaban J connectivity index is 1.90. The summed E-state index contributed by atoms with van der Waals surface area (Å²) in [4.78, 5) is 4.07. The molecule has 1 N–H and O–H groups in total. The highest BCUT2D eigenvalue weighted by molar-refractivity contribution is 6.20. The van der Waals surface area contributed by atoms with Crippen LogP contribution in [-0.2, 0) is 0 Å². The van der Waals surface area contributed by atoms with E-state index in [9.17, 15) is 0 Å². The van der Waals surface area contributed by atoms with Gasteiger partial charge >= 0.3 is 0 Å². The first-order chi connectivity index (χ1) is 7.27. The van der Waals surface area contributed by atoms with Crippen molar-refractivity contribution < 1.29 is 0 Å². The molecular formula is C12H17ClN2. The zero-order valence-corrected chi connectivity index (χ0v) is 9.80. The molecule has 2 nitrogen and oxygen atoms in total. The van der Waals surface area contributed by atoms with Crippen molar-refractivity contribution in [2.75, 3.05) is 11.9 Å². The topological polar surface area (TPSA) is 24.9 Å². The first-order valence-corrected chi connectivity index (χ1v) is 5.99. The molecule has 2 rings (SSSR count). The molecule has 82 valence electrons. The van der Waals surface area contributed by atoms with E-state index in [1.54, 1.807) is 0 Å². The summed E-state index contributed by atoms with van der Waals surface area (Å²) in [6.45, 7) is 3.06. The second-order valence-corrected chi connectivity index (χ2v) is 4.84. The normalized spacial score (nSPS) is 25.5. The number of hydrogen-bond acceptors (Lipinski definition) is 2. The lowest BCUT2D eigenvalue weighted by Gasteiger charge is -2.16. The fourth-order valence-electron chi connectivity index (χ4n) is 2.13. The third-order valence-corrected chi connectivity index (χ3v) is 3.72. The summed E-state index contributed by atoms with van der Waals surface area (Å²) in [6.07, 6.45) is 7.40. The molecule has 1 aromatic rings. The van der Waals surface area contributed by atoms with Gasteiger partial charge in [0.2, 0.25) is 0 Å². The Morgan fingerprint density at radius 2 is 2.40 bits per heavy atom. The largest absolute Gasteiger partial charge is 0.384 e. The molecule has 0 saturated heterocycles. The number of halogens is 1. The van der Waals surface area contributed by atoms with Crippen molar-refractivity contribution in [2.45, 2.75) is 31.6 Å². The number of nitrogens with one attached hydrogen (secondary N) is 1. The Labute approximate surface area is 96.1 Å². The second kappa shape index (κ2) is 4.84. The molecule has 1 aliphatic rings. The van der Waals surface area contributed by atoms with Gasteiger partial charge in [-0.25, -0.2) is 0 Å². The van der Waals surface area contributed by atoms with Crippen LogP contribution in [0.3, 0.4) is 0 Å². The van der Waals surface area contributed by atoms with Crippen LogP contribution in [-0.4, -0.2) is 16.9 Å². The summed E-state index contributed by atoms with van der Waals surface area (Å²) in [7, 11) is 0. The fourth-order valence-corrected chi connectivity index (χ4v) is 2.50. The zero-order chi connectivity index (χ0) is 10.7. The number of hydrogen-bond donors (Lipinski definition) is 1. The number of rotatable bonds is 3. The minimum absolute atomic E-state index is 0.361. The Morgan fingerprint density at radius 1 is 1.53 bits per heavy atom. The first kappa shape index (κ1) is 10.7. The van der Waals surface area contributed by atoms with Gasteiger partial charge in [-0.1, -0.05) is 6.42 Å². The average molecular weight is 225 g/mol. The van der Waals surface area contributed by atoms with Crippen molar-refractivity contribution in [3.8, 4) is 0 Å². The monoisotopic (exact) mass is 224 g/mol. The van der Waals surface area contributed by atoms with Gasteiger partial charge in [0.15, 0.2) is 0 Å². The lowest BCUT2D eigenvalue weighted by Crippen LogP contribution is -2.18. The predicted octanol–water partition coefficient (Wildman–Crippen LogP) is 3.21. The zero-order valence-electron chi connectivity index (χ0n) is 9.04. The van der Waals surface area contributed by atoms with E-state index in [0.29, 0.717) is 11.3 Å². The van der Waals surface area contributed by atoms with E-state index in [1.165, 1.54) is 30.5 Å². The highest BCUT2D eigenvalue weighted by atomic mass is 35.5. The minimum Gasteiger partial charge on any atom is -0.384 e. The summed E-state index contributed by atoms with van der Waals surface area (Å²) in [5.74, 6) is 0.624. The maximum atomic E-state index is 6.23. The van der Waals surface area contributed by atoms with Crippen LogP contribution < -0.4 is 5.32 Å². The maximum Gasteiger partial charge on any atom is 0.0400 e. The molecule has 0 spiro atoms. The number of alkyl halides is 1. The summed E-state index contributed by atoms with van der Waals surface area (Å²) < 4.78 is 0. The molecular weight excluding hydrogens is 208 g/mol. The number of nitrogens with zero attached hydrogens (tertiary/aromatic N) is 1. The van der Waals surface area contributed by atoms with Crippen molar-refractivity contribution in [1.82, 2.24) is 4.98 Å². The SMILES string of the molecule is Cc1cnccc1NCC1CCCC1Cl. The molecule has 1 saturated carbocycles. The fraction of sp³-hybridized carbons (Fsp3) is 0.583. The van der Waals surface area contributed by atoms with E-state index in [-0.39, 0.29) is 0 Å². The predicted molar refractivity (Wildman–Crippen MR) is 64.4 cm³/mol. The molecule has 2 atom stereocenters. The van der Waals surface area contributed by atoms with Crippen LogP contribution in [0.1, 0.15) is 24.8 Å². The van der Waals surface area contributed by atoms with Gasteiger partial charge in [-0.2, -0.15) is 0 Å². The van der Waals surface area contributed by atoms with Crippen LogP contribution in [0.25, 0.3) is 0 Å². The summed E-state index contributed by atoms with van der Waals surface area (Å²) in [5.41, 5.74) is 2.38. The molecule has 1 heterocycles. The van der Waals surface area contributed by atoms with Crippen molar-refractivity contribution >= 4 is 17.3 Å². The van der Waals surface area contributed by atoms with Crippen molar-refractivity contribution in [3.63, 3.8) is 0 Å². The Morgan fingerprint density at radius 3 is 3.07 bits per heavy atom. The van der Waals surface area contributed by atoms with Crippen LogP contribution in [0.2, 0.25) is 0 Å². The lowest BCUT2D eigenvalue weighted by atomic mass is 10.1. The van der Waals surface area contributed by atoms with Gasteiger partial charge in [0.25, 0.3) is 0 Å². The molecule has 0 aromatic carbocycles. The quantitative estimate of drug-likeness (QED) is 0.798. The molecule has 0 aliphatic heterocycles. The van der Waals surface area contributed by atoms with E-state index >= 15 is 0 Å². The van der Waals surface area contributed by atoms with E-state index < -0.39 is 0 Å². The van der Waals surface area contributed by atoms with Gasteiger partial charge in [0.1, 0.15) is 0 Å². The Kier molecular flexibility index (Phi) is 3.47. The number of aromatic nitrogens is 1. The van der Waals surface area contributed by atoms with Crippen molar-refractivity contribution in [1.29, 1.82) is 0 Å². The third-order valence-electron chi connectivity index (χ3n) is 3.14. The summed E-state index contributed by atoms with van der Waals surface area (Å²) in [6, 6.07) is 2.02. The van der Waals surface area contributed by atoms with Crippen LogP contribution in [0.4, 0.5) is 5.69 Å². The Bertz CT molecular complexity index is 327. The summed E-state index contributed by atoms with van der Waals surface area (Å²) in [5, 5.41) is 3.82. The third kappa shape index (κ3) is 2.63. The molecule has 2 unspecified atom stereocenters. The number of anilines is 1. The average Bonchev–Trinajstić information content (AvgIpc) is 2.63. The smallest absolute Gasteiger partial charge is 0.0400 e. The van der Waals surface area contributed by atoms with Gasteiger partial charge in [0.05, 0.1) is 0 Å². The molecule has 0 amide bonds. The second-order valence-electron chi connectivity index (χ2n) is 4.28. The maximum absolute atomic E-state index is 6.23. The number of aryl methyl sites for hydroxylation is 1.